The van der Waals surface area contributed by atoms with Gasteiger partial charge in [-0.25, -0.2) is 8.42 Å². The van der Waals surface area contributed by atoms with Crippen LogP contribution in [0.25, 0.3) is 6.08 Å². The molecule has 22 heavy (non-hydrogen) atoms. The van der Waals surface area contributed by atoms with Gasteiger partial charge in [-0.15, -0.1) is 0 Å². The second kappa shape index (κ2) is 6.77. The Balaban J connectivity index is 2.17. The minimum atomic E-state index is -3.41. The highest BCUT2D eigenvalue weighted by Gasteiger charge is 2.13. The number of rotatable bonds is 4. The molecule has 0 spiro atoms. The molecule has 2 aromatic carbocycles. The number of para-hydroxylation sites is 1. The average molecular weight is 336 g/mol. The summed E-state index contributed by atoms with van der Waals surface area (Å²) in [7, 11) is -3.41. The number of sulfone groups is 1. The lowest BCUT2D eigenvalue weighted by molar-refractivity contribution is -0.111. The summed E-state index contributed by atoms with van der Waals surface area (Å²) in [4.78, 5) is 12.0. The first kappa shape index (κ1) is 16.3. The van der Waals surface area contributed by atoms with Crippen molar-refractivity contribution in [2.75, 3.05) is 11.6 Å². The molecule has 2 aromatic rings. The number of anilines is 1. The van der Waals surface area contributed by atoms with Gasteiger partial charge in [0.2, 0.25) is 5.91 Å². The molecular formula is C16H14ClNO3S. The van der Waals surface area contributed by atoms with E-state index >= 15 is 0 Å². The number of carbonyl (C=O) groups excluding carboxylic acids is 1. The average Bonchev–Trinajstić information content (AvgIpc) is 2.45. The fourth-order valence-electron chi connectivity index (χ4n) is 1.85. The van der Waals surface area contributed by atoms with Gasteiger partial charge in [0.05, 0.1) is 10.6 Å². The zero-order chi connectivity index (χ0) is 16.2. The SMILES string of the molecule is CS(=O)(=O)c1ccccc1NC(=O)C=Cc1cccc(Cl)c1. The molecule has 0 fully saturated rings. The minimum absolute atomic E-state index is 0.0829. The summed E-state index contributed by atoms with van der Waals surface area (Å²) in [5.74, 6) is -0.420. The van der Waals surface area contributed by atoms with Crippen molar-refractivity contribution in [1.82, 2.24) is 0 Å². The number of halogens is 1. The molecule has 0 unspecified atom stereocenters. The van der Waals surface area contributed by atoms with Crippen LogP contribution < -0.4 is 5.32 Å². The summed E-state index contributed by atoms with van der Waals surface area (Å²) in [5, 5.41) is 3.14. The number of hydrogen-bond acceptors (Lipinski definition) is 3. The van der Waals surface area contributed by atoms with E-state index in [9.17, 15) is 13.2 Å². The Morgan fingerprint density at radius 3 is 2.55 bits per heavy atom. The van der Waals surface area contributed by atoms with E-state index in [4.69, 9.17) is 11.6 Å². The third-order valence-corrected chi connectivity index (χ3v) is 4.21. The smallest absolute Gasteiger partial charge is 0.248 e. The molecule has 0 aliphatic carbocycles. The van der Waals surface area contributed by atoms with Crippen LogP contribution in [-0.4, -0.2) is 20.6 Å². The predicted octanol–water partition coefficient (Wildman–Crippen LogP) is 3.40. The van der Waals surface area contributed by atoms with E-state index in [-0.39, 0.29) is 10.6 Å². The van der Waals surface area contributed by atoms with Crippen LogP contribution in [0.4, 0.5) is 5.69 Å². The van der Waals surface area contributed by atoms with Crippen molar-refractivity contribution in [3.63, 3.8) is 0 Å². The first-order valence-electron chi connectivity index (χ1n) is 6.40. The van der Waals surface area contributed by atoms with E-state index in [1.54, 1.807) is 48.5 Å². The van der Waals surface area contributed by atoms with Crippen LogP contribution in [-0.2, 0) is 14.6 Å². The molecule has 1 N–H and O–H groups in total. The lowest BCUT2D eigenvalue weighted by Gasteiger charge is -2.07. The molecule has 6 heteroatoms. The van der Waals surface area contributed by atoms with Crippen LogP contribution in [0.1, 0.15) is 5.56 Å². The highest BCUT2D eigenvalue weighted by molar-refractivity contribution is 7.90. The van der Waals surface area contributed by atoms with Gasteiger partial charge in [-0.1, -0.05) is 35.9 Å². The highest BCUT2D eigenvalue weighted by atomic mass is 35.5. The van der Waals surface area contributed by atoms with Gasteiger partial charge >= 0.3 is 0 Å². The van der Waals surface area contributed by atoms with E-state index in [0.29, 0.717) is 5.02 Å². The fraction of sp³-hybridized carbons (Fsp3) is 0.0625. The second-order valence-electron chi connectivity index (χ2n) is 4.65. The van der Waals surface area contributed by atoms with E-state index in [1.165, 1.54) is 12.1 Å². The fourth-order valence-corrected chi connectivity index (χ4v) is 2.89. The third kappa shape index (κ3) is 4.44. The summed E-state index contributed by atoms with van der Waals surface area (Å²) in [6.45, 7) is 0. The molecule has 0 radical (unpaired) electrons. The van der Waals surface area contributed by atoms with Crippen molar-refractivity contribution in [2.45, 2.75) is 4.90 Å². The monoisotopic (exact) mass is 335 g/mol. The number of benzene rings is 2. The quantitative estimate of drug-likeness (QED) is 0.871. The summed E-state index contributed by atoms with van der Waals surface area (Å²) in [5.41, 5.74) is 1.03. The molecule has 4 nitrogen and oxygen atoms in total. The number of carbonyl (C=O) groups is 1. The molecule has 0 aliphatic rings. The predicted molar refractivity (Wildman–Crippen MR) is 88.7 cm³/mol. The van der Waals surface area contributed by atoms with Crippen LogP contribution in [0.5, 0.6) is 0 Å². The van der Waals surface area contributed by atoms with Crippen LogP contribution in [0.3, 0.4) is 0 Å². The van der Waals surface area contributed by atoms with Gasteiger partial charge in [0, 0.05) is 17.4 Å². The lowest BCUT2D eigenvalue weighted by atomic mass is 10.2. The molecule has 0 saturated carbocycles. The Hall–Kier alpha value is -2.11. The summed E-state index contributed by atoms with van der Waals surface area (Å²) in [6.07, 6.45) is 4.02. The van der Waals surface area contributed by atoms with Crippen molar-refractivity contribution in [3.05, 3.63) is 65.2 Å². The second-order valence-corrected chi connectivity index (χ2v) is 7.07. The normalized spacial score (nSPS) is 11.5. The first-order valence-corrected chi connectivity index (χ1v) is 8.67. The summed E-state index contributed by atoms with van der Waals surface area (Å²) in [6, 6.07) is 13.3. The van der Waals surface area contributed by atoms with Crippen molar-refractivity contribution in [1.29, 1.82) is 0 Å². The maximum absolute atomic E-state index is 11.9. The summed E-state index contributed by atoms with van der Waals surface area (Å²) >= 11 is 5.86. The van der Waals surface area contributed by atoms with E-state index in [2.05, 4.69) is 5.32 Å². The third-order valence-electron chi connectivity index (χ3n) is 2.82. The summed E-state index contributed by atoms with van der Waals surface area (Å²) < 4.78 is 23.3. The molecule has 0 aliphatic heterocycles. The van der Waals surface area contributed by atoms with Gasteiger partial charge in [-0.05, 0) is 35.9 Å². The Bertz CT molecular complexity index is 829. The molecule has 0 bridgehead atoms. The molecule has 114 valence electrons. The zero-order valence-electron chi connectivity index (χ0n) is 11.8. The van der Waals surface area contributed by atoms with Crippen LogP contribution in [0, 0.1) is 0 Å². The Kier molecular flexibility index (Phi) is 5.00. The maximum atomic E-state index is 11.9. The number of amides is 1. The van der Waals surface area contributed by atoms with E-state index in [1.807, 2.05) is 0 Å². The molecule has 0 atom stereocenters. The highest BCUT2D eigenvalue weighted by Crippen LogP contribution is 2.20. The molecule has 0 aromatic heterocycles. The van der Waals surface area contributed by atoms with Crippen LogP contribution >= 0.6 is 11.6 Å². The zero-order valence-corrected chi connectivity index (χ0v) is 13.4. The number of nitrogens with one attached hydrogen (secondary N) is 1. The molecule has 2 rings (SSSR count). The number of hydrogen-bond donors (Lipinski definition) is 1. The topological polar surface area (TPSA) is 63.2 Å². The van der Waals surface area contributed by atoms with Gasteiger partial charge in [0.25, 0.3) is 0 Å². The standard InChI is InChI=1S/C16H14ClNO3S/c1-22(20,21)15-8-3-2-7-14(15)18-16(19)10-9-12-5-4-6-13(17)11-12/h2-11H,1H3,(H,18,19). The molecular weight excluding hydrogens is 322 g/mol. The Morgan fingerprint density at radius 2 is 1.86 bits per heavy atom. The van der Waals surface area contributed by atoms with Crippen LogP contribution in [0.2, 0.25) is 5.02 Å². The largest absolute Gasteiger partial charge is 0.321 e. The van der Waals surface area contributed by atoms with Gasteiger partial charge in [0.1, 0.15) is 0 Å². The van der Waals surface area contributed by atoms with Crippen molar-refractivity contribution >= 4 is 39.1 Å². The minimum Gasteiger partial charge on any atom is -0.321 e. The van der Waals surface area contributed by atoms with Gasteiger partial charge in [-0.2, -0.15) is 0 Å². The van der Waals surface area contributed by atoms with Crippen LogP contribution in [0.15, 0.2) is 59.5 Å². The van der Waals surface area contributed by atoms with E-state index in [0.717, 1.165) is 11.8 Å². The van der Waals surface area contributed by atoms with Gasteiger partial charge < -0.3 is 5.32 Å². The Morgan fingerprint density at radius 1 is 1.14 bits per heavy atom. The van der Waals surface area contributed by atoms with E-state index < -0.39 is 15.7 Å². The lowest BCUT2D eigenvalue weighted by Crippen LogP contribution is -2.11. The molecule has 0 heterocycles. The van der Waals surface area contributed by atoms with Crippen molar-refractivity contribution in [3.8, 4) is 0 Å². The Labute approximate surface area is 134 Å². The molecule has 1 amide bonds. The van der Waals surface area contributed by atoms with Crippen molar-refractivity contribution in [2.24, 2.45) is 0 Å². The first-order chi connectivity index (χ1) is 10.4. The molecule has 0 saturated heterocycles. The van der Waals surface area contributed by atoms with Gasteiger partial charge in [-0.3, -0.25) is 4.79 Å². The van der Waals surface area contributed by atoms with Crippen molar-refractivity contribution < 1.29 is 13.2 Å². The maximum Gasteiger partial charge on any atom is 0.248 e. The van der Waals surface area contributed by atoms with Gasteiger partial charge in [0.15, 0.2) is 9.84 Å².